The molecule has 138 valence electrons. The number of nitrogens with one attached hydrogen (secondary N) is 3. The van der Waals surface area contributed by atoms with Gasteiger partial charge >= 0.3 is 6.03 Å². The van der Waals surface area contributed by atoms with Crippen LogP contribution in [0.15, 0.2) is 30.5 Å². The molecule has 1 aliphatic heterocycles. The first-order chi connectivity index (χ1) is 12.5. The molecule has 1 aromatic heterocycles. The summed E-state index contributed by atoms with van der Waals surface area (Å²) >= 11 is 0. The molecule has 2 heterocycles. The zero-order valence-electron chi connectivity index (χ0n) is 15.0. The van der Waals surface area contributed by atoms with Gasteiger partial charge in [0.25, 0.3) is 5.91 Å². The average molecular weight is 356 g/mol. The van der Waals surface area contributed by atoms with Gasteiger partial charge in [-0.1, -0.05) is 32.0 Å². The Labute approximate surface area is 152 Å². The molecular weight excluding hydrogens is 332 g/mol. The summed E-state index contributed by atoms with van der Waals surface area (Å²) in [5.74, 6) is -0.200. The van der Waals surface area contributed by atoms with E-state index in [4.69, 9.17) is 0 Å². The van der Waals surface area contributed by atoms with Crippen LogP contribution in [0.25, 0.3) is 10.9 Å². The average Bonchev–Trinajstić information content (AvgIpc) is 3.11. The molecule has 4 amide bonds. The number of rotatable bonds is 7. The highest BCUT2D eigenvalue weighted by molar-refractivity contribution is 6.06. The van der Waals surface area contributed by atoms with Gasteiger partial charge in [-0.3, -0.25) is 14.5 Å². The molecule has 1 aromatic carbocycles. The van der Waals surface area contributed by atoms with Gasteiger partial charge in [-0.2, -0.15) is 0 Å². The summed E-state index contributed by atoms with van der Waals surface area (Å²) in [4.78, 5) is 40.8. The lowest BCUT2D eigenvalue weighted by Crippen LogP contribution is -2.41. The van der Waals surface area contributed by atoms with Crippen molar-refractivity contribution < 1.29 is 14.4 Å². The second-order valence-corrected chi connectivity index (χ2v) is 7.02. The molecule has 0 saturated carbocycles. The quantitative estimate of drug-likeness (QED) is 0.660. The van der Waals surface area contributed by atoms with Crippen LogP contribution >= 0.6 is 0 Å². The fraction of sp³-hybridized carbons (Fsp3) is 0.421. The molecule has 26 heavy (non-hydrogen) atoms. The molecule has 0 radical (unpaired) electrons. The molecule has 7 heteroatoms. The second kappa shape index (κ2) is 7.59. The van der Waals surface area contributed by atoms with Crippen molar-refractivity contribution in [3.63, 3.8) is 0 Å². The monoisotopic (exact) mass is 356 g/mol. The number of H-pyrrole nitrogens is 1. The number of para-hydroxylation sites is 1. The first kappa shape index (κ1) is 18.0. The molecule has 3 N–H and O–H groups in total. The summed E-state index contributed by atoms with van der Waals surface area (Å²) in [5, 5.41) is 6.46. The number of aromatic amines is 1. The summed E-state index contributed by atoms with van der Waals surface area (Å²) < 4.78 is 0. The first-order valence-electron chi connectivity index (χ1n) is 8.89. The Balaban J connectivity index is 1.61. The van der Waals surface area contributed by atoms with Gasteiger partial charge in [0.05, 0.1) is 0 Å². The van der Waals surface area contributed by atoms with Gasteiger partial charge < -0.3 is 15.6 Å². The van der Waals surface area contributed by atoms with E-state index in [0.29, 0.717) is 18.9 Å². The molecule has 0 bridgehead atoms. The zero-order valence-corrected chi connectivity index (χ0v) is 15.0. The van der Waals surface area contributed by atoms with Gasteiger partial charge in [0.1, 0.15) is 12.6 Å². The van der Waals surface area contributed by atoms with Crippen LogP contribution in [-0.2, 0) is 16.0 Å². The molecule has 1 atom stereocenters. The summed E-state index contributed by atoms with van der Waals surface area (Å²) in [6, 6.07) is 6.64. The van der Waals surface area contributed by atoms with Crippen LogP contribution in [0.4, 0.5) is 4.79 Å². The molecule has 1 aliphatic rings. The predicted molar refractivity (Wildman–Crippen MR) is 98.5 cm³/mol. The smallest absolute Gasteiger partial charge is 0.325 e. The Morgan fingerprint density at radius 1 is 1.27 bits per heavy atom. The van der Waals surface area contributed by atoms with Gasteiger partial charge in [-0.15, -0.1) is 0 Å². The molecule has 1 fully saturated rings. The van der Waals surface area contributed by atoms with E-state index in [2.05, 4.69) is 29.5 Å². The number of nitrogens with zero attached hydrogens (tertiary/aromatic N) is 1. The van der Waals surface area contributed by atoms with Gasteiger partial charge in [-0.25, -0.2) is 4.79 Å². The minimum Gasteiger partial charge on any atom is -0.361 e. The molecule has 1 saturated heterocycles. The maximum absolute atomic E-state index is 12.5. The molecular formula is C19H24N4O3. The van der Waals surface area contributed by atoms with Crippen molar-refractivity contribution in [2.45, 2.75) is 32.7 Å². The molecule has 0 aliphatic carbocycles. The Morgan fingerprint density at radius 3 is 2.81 bits per heavy atom. The largest absolute Gasteiger partial charge is 0.361 e. The Hall–Kier alpha value is -2.83. The van der Waals surface area contributed by atoms with Crippen LogP contribution in [0.3, 0.4) is 0 Å². The van der Waals surface area contributed by atoms with E-state index in [1.54, 1.807) is 0 Å². The van der Waals surface area contributed by atoms with Crippen LogP contribution in [0.1, 0.15) is 25.8 Å². The summed E-state index contributed by atoms with van der Waals surface area (Å²) in [7, 11) is 0. The summed E-state index contributed by atoms with van der Waals surface area (Å²) in [5.41, 5.74) is 1.95. The SMILES string of the molecule is CC(C)CCNC(=O)CN1C(=O)N[C@H](Cc2c[nH]c3ccccc23)C1=O. The maximum atomic E-state index is 12.5. The summed E-state index contributed by atoms with van der Waals surface area (Å²) in [6.45, 7) is 4.43. The van der Waals surface area contributed by atoms with Gasteiger partial charge in [0.2, 0.25) is 5.91 Å². The fourth-order valence-electron chi connectivity index (χ4n) is 3.09. The second-order valence-electron chi connectivity index (χ2n) is 7.02. The predicted octanol–water partition coefficient (Wildman–Crippen LogP) is 1.79. The van der Waals surface area contributed by atoms with E-state index in [1.807, 2.05) is 30.5 Å². The molecule has 7 nitrogen and oxygen atoms in total. The van der Waals surface area contributed by atoms with Crippen LogP contribution in [0.5, 0.6) is 0 Å². The lowest BCUT2D eigenvalue weighted by molar-refractivity contribution is -0.132. The number of hydrogen-bond acceptors (Lipinski definition) is 3. The van der Waals surface area contributed by atoms with E-state index in [1.165, 1.54) is 0 Å². The van der Waals surface area contributed by atoms with Gasteiger partial charge in [0, 0.05) is 30.1 Å². The number of urea groups is 1. The Bertz CT molecular complexity index is 827. The normalized spacial score (nSPS) is 17.2. The number of amides is 4. The highest BCUT2D eigenvalue weighted by Gasteiger charge is 2.39. The van der Waals surface area contributed by atoms with Crippen molar-refractivity contribution in [1.82, 2.24) is 20.5 Å². The van der Waals surface area contributed by atoms with Crippen molar-refractivity contribution in [1.29, 1.82) is 0 Å². The number of fused-ring (bicyclic) bond motifs is 1. The van der Waals surface area contributed by atoms with E-state index >= 15 is 0 Å². The topological polar surface area (TPSA) is 94.3 Å². The number of imide groups is 1. The van der Waals surface area contributed by atoms with Crippen LogP contribution in [0.2, 0.25) is 0 Å². The third kappa shape index (κ3) is 3.87. The lowest BCUT2D eigenvalue weighted by Gasteiger charge is -2.13. The highest BCUT2D eigenvalue weighted by Crippen LogP contribution is 2.21. The lowest BCUT2D eigenvalue weighted by atomic mass is 10.1. The maximum Gasteiger partial charge on any atom is 0.325 e. The molecule has 2 aromatic rings. The third-order valence-electron chi connectivity index (χ3n) is 4.55. The Kier molecular flexibility index (Phi) is 5.25. The highest BCUT2D eigenvalue weighted by atomic mass is 16.2. The van der Waals surface area contributed by atoms with Crippen molar-refractivity contribution in [2.24, 2.45) is 5.92 Å². The fourth-order valence-corrected chi connectivity index (χ4v) is 3.09. The Morgan fingerprint density at radius 2 is 2.04 bits per heavy atom. The number of aromatic nitrogens is 1. The third-order valence-corrected chi connectivity index (χ3v) is 4.55. The van der Waals surface area contributed by atoms with Gasteiger partial charge in [-0.05, 0) is 24.0 Å². The van der Waals surface area contributed by atoms with Crippen molar-refractivity contribution in [3.8, 4) is 0 Å². The molecule has 3 rings (SSSR count). The summed E-state index contributed by atoms with van der Waals surface area (Å²) in [6.07, 6.45) is 3.10. The minimum absolute atomic E-state index is 0.243. The molecule has 0 spiro atoms. The van der Waals surface area contributed by atoms with Crippen molar-refractivity contribution in [2.75, 3.05) is 13.1 Å². The number of carbonyl (C=O) groups excluding carboxylic acids is 3. The van der Waals surface area contributed by atoms with E-state index in [0.717, 1.165) is 27.8 Å². The van der Waals surface area contributed by atoms with Crippen molar-refractivity contribution in [3.05, 3.63) is 36.0 Å². The van der Waals surface area contributed by atoms with Crippen LogP contribution in [-0.4, -0.2) is 46.9 Å². The van der Waals surface area contributed by atoms with Crippen LogP contribution < -0.4 is 10.6 Å². The van der Waals surface area contributed by atoms with E-state index < -0.39 is 12.1 Å². The van der Waals surface area contributed by atoms with Crippen LogP contribution in [0, 0.1) is 5.92 Å². The van der Waals surface area contributed by atoms with E-state index in [-0.39, 0.29) is 18.4 Å². The van der Waals surface area contributed by atoms with E-state index in [9.17, 15) is 14.4 Å². The first-order valence-corrected chi connectivity index (χ1v) is 8.89. The number of benzene rings is 1. The van der Waals surface area contributed by atoms with Crippen molar-refractivity contribution >= 4 is 28.7 Å². The van der Waals surface area contributed by atoms with Gasteiger partial charge in [0.15, 0.2) is 0 Å². The standard InChI is InChI=1S/C19H24N4O3/c1-12(2)7-8-20-17(24)11-23-18(25)16(22-19(23)26)9-13-10-21-15-6-4-3-5-14(13)15/h3-6,10,12,16,21H,7-9,11H2,1-2H3,(H,20,24)(H,22,26)/t16-/m1/s1. The zero-order chi connectivity index (χ0) is 18.7. The molecule has 0 unspecified atom stereocenters. The number of carbonyl (C=O) groups is 3. The minimum atomic E-state index is -0.648. The number of hydrogen-bond donors (Lipinski definition) is 3.